The molecule has 1 aromatic heterocycles. The van der Waals surface area contributed by atoms with Crippen molar-refractivity contribution in [3.63, 3.8) is 0 Å². The summed E-state index contributed by atoms with van der Waals surface area (Å²) < 4.78 is 16.3. The fourth-order valence-electron chi connectivity index (χ4n) is 3.13. The van der Waals surface area contributed by atoms with Crippen LogP contribution in [0.15, 0.2) is 42.5 Å². The smallest absolute Gasteiger partial charge is 0.252 e. The summed E-state index contributed by atoms with van der Waals surface area (Å²) in [6, 6.07) is 13.1. The van der Waals surface area contributed by atoms with E-state index in [1.807, 2.05) is 36.4 Å². The number of benzene rings is 2. The number of pyridine rings is 1. The molecule has 152 valence electrons. The van der Waals surface area contributed by atoms with E-state index in [2.05, 4.69) is 19.2 Å². The highest BCUT2D eigenvalue weighted by Gasteiger charge is 2.18. The van der Waals surface area contributed by atoms with Crippen molar-refractivity contribution in [2.45, 2.75) is 13.8 Å². The standard InChI is InChI=1S/C23H26N2O4/c1-14(2)13-24-23(26)17-12-19(25-18-9-7-6-8-16(17)18)15-10-20(27-3)22(29-5)21(11-15)28-4/h6-12,14H,13H2,1-5H3,(H,24,26). The highest BCUT2D eigenvalue weighted by Crippen LogP contribution is 2.41. The molecule has 0 bridgehead atoms. The lowest BCUT2D eigenvalue weighted by Gasteiger charge is -2.15. The first kappa shape index (κ1) is 20.5. The highest BCUT2D eigenvalue weighted by atomic mass is 16.5. The van der Waals surface area contributed by atoms with Crippen LogP contribution in [-0.2, 0) is 0 Å². The lowest BCUT2D eigenvalue weighted by molar-refractivity contribution is 0.0950. The molecule has 0 atom stereocenters. The third-order valence-electron chi connectivity index (χ3n) is 4.59. The second kappa shape index (κ2) is 8.82. The van der Waals surface area contributed by atoms with E-state index in [9.17, 15) is 4.79 Å². The van der Waals surface area contributed by atoms with Gasteiger partial charge in [0.2, 0.25) is 5.75 Å². The summed E-state index contributed by atoms with van der Waals surface area (Å²) in [4.78, 5) is 17.6. The Morgan fingerprint density at radius 2 is 1.66 bits per heavy atom. The number of carbonyl (C=O) groups excluding carboxylic acids is 1. The summed E-state index contributed by atoms with van der Waals surface area (Å²) in [5.41, 5.74) is 2.74. The van der Waals surface area contributed by atoms with Crippen LogP contribution in [0, 0.1) is 5.92 Å². The number of hydrogen-bond acceptors (Lipinski definition) is 5. The van der Waals surface area contributed by atoms with Crippen molar-refractivity contribution in [1.82, 2.24) is 10.3 Å². The van der Waals surface area contributed by atoms with Gasteiger partial charge in [-0.3, -0.25) is 4.79 Å². The molecule has 0 saturated carbocycles. The number of fused-ring (bicyclic) bond motifs is 1. The Labute approximate surface area is 170 Å². The molecule has 0 aliphatic heterocycles. The van der Waals surface area contributed by atoms with Gasteiger partial charge < -0.3 is 19.5 Å². The monoisotopic (exact) mass is 394 g/mol. The maximum Gasteiger partial charge on any atom is 0.252 e. The summed E-state index contributed by atoms with van der Waals surface area (Å²) in [5.74, 6) is 1.81. The molecule has 3 rings (SSSR count). The molecule has 6 nitrogen and oxygen atoms in total. The highest BCUT2D eigenvalue weighted by molar-refractivity contribution is 6.07. The molecule has 0 aliphatic rings. The Balaban J connectivity index is 2.17. The van der Waals surface area contributed by atoms with Gasteiger partial charge >= 0.3 is 0 Å². The molecule has 1 amide bonds. The van der Waals surface area contributed by atoms with Crippen molar-refractivity contribution in [3.05, 3.63) is 48.0 Å². The van der Waals surface area contributed by atoms with Gasteiger partial charge in [-0.15, -0.1) is 0 Å². The molecule has 29 heavy (non-hydrogen) atoms. The molecular weight excluding hydrogens is 368 g/mol. The van der Waals surface area contributed by atoms with E-state index < -0.39 is 0 Å². The van der Waals surface area contributed by atoms with Crippen molar-refractivity contribution >= 4 is 16.8 Å². The molecule has 0 fully saturated rings. The lowest BCUT2D eigenvalue weighted by atomic mass is 10.0. The van der Waals surface area contributed by atoms with Crippen LogP contribution in [0.2, 0.25) is 0 Å². The van der Waals surface area contributed by atoms with E-state index in [1.165, 1.54) is 0 Å². The number of nitrogens with zero attached hydrogens (tertiary/aromatic N) is 1. The van der Waals surface area contributed by atoms with Crippen LogP contribution in [0.5, 0.6) is 17.2 Å². The molecule has 2 aromatic carbocycles. The summed E-state index contributed by atoms with van der Waals surface area (Å²) in [6.07, 6.45) is 0. The molecule has 0 aliphatic carbocycles. The Hall–Kier alpha value is -3.28. The van der Waals surface area contributed by atoms with E-state index in [4.69, 9.17) is 19.2 Å². The first-order valence-electron chi connectivity index (χ1n) is 9.46. The van der Waals surface area contributed by atoms with Crippen LogP contribution in [0.25, 0.3) is 22.2 Å². The minimum atomic E-state index is -0.119. The van der Waals surface area contributed by atoms with Crippen LogP contribution in [0.3, 0.4) is 0 Å². The molecule has 1 heterocycles. The number of amides is 1. The number of methoxy groups -OCH3 is 3. The minimum Gasteiger partial charge on any atom is -0.493 e. The van der Waals surface area contributed by atoms with Crippen LogP contribution < -0.4 is 19.5 Å². The predicted molar refractivity (Wildman–Crippen MR) is 114 cm³/mol. The number of ether oxygens (including phenoxy) is 3. The van der Waals surface area contributed by atoms with Crippen molar-refractivity contribution in [2.75, 3.05) is 27.9 Å². The van der Waals surface area contributed by atoms with Gasteiger partial charge in [-0.05, 0) is 30.2 Å². The van der Waals surface area contributed by atoms with Crippen LogP contribution >= 0.6 is 0 Å². The van der Waals surface area contributed by atoms with Gasteiger partial charge in [0, 0.05) is 17.5 Å². The summed E-state index contributed by atoms with van der Waals surface area (Å²) in [5, 5.41) is 3.81. The van der Waals surface area contributed by atoms with Gasteiger partial charge in [0.15, 0.2) is 11.5 Å². The number of carbonyl (C=O) groups is 1. The summed E-state index contributed by atoms with van der Waals surface area (Å²) in [7, 11) is 4.70. The summed E-state index contributed by atoms with van der Waals surface area (Å²) >= 11 is 0. The fourth-order valence-corrected chi connectivity index (χ4v) is 3.13. The quantitative estimate of drug-likeness (QED) is 0.647. The van der Waals surface area contributed by atoms with Crippen LogP contribution in [0.1, 0.15) is 24.2 Å². The van der Waals surface area contributed by atoms with Crippen molar-refractivity contribution in [1.29, 1.82) is 0 Å². The molecule has 3 aromatic rings. The van der Waals surface area contributed by atoms with E-state index in [0.29, 0.717) is 41.0 Å². The molecule has 0 unspecified atom stereocenters. The molecule has 1 N–H and O–H groups in total. The molecule has 0 radical (unpaired) electrons. The van der Waals surface area contributed by atoms with E-state index >= 15 is 0 Å². The largest absolute Gasteiger partial charge is 0.493 e. The number of nitrogens with one attached hydrogen (secondary N) is 1. The number of hydrogen-bond donors (Lipinski definition) is 1. The van der Waals surface area contributed by atoms with Gasteiger partial charge in [-0.2, -0.15) is 0 Å². The van der Waals surface area contributed by atoms with E-state index in [-0.39, 0.29) is 5.91 Å². The van der Waals surface area contributed by atoms with E-state index in [1.54, 1.807) is 27.4 Å². The van der Waals surface area contributed by atoms with Crippen LogP contribution in [0.4, 0.5) is 0 Å². The first-order chi connectivity index (χ1) is 14.0. The van der Waals surface area contributed by atoms with Crippen molar-refractivity contribution in [3.8, 4) is 28.5 Å². The lowest BCUT2D eigenvalue weighted by Crippen LogP contribution is -2.27. The average Bonchev–Trinajstić information content (AvgIpc) is 2.75. The molecule has 0 saturated heterocycles. The number of aromatic nitrogens is 1. The van der Waals surface area contributed by atoms with Gasteiger partial charge in [0.05, 0.1) is 38.1 Å². The second-order valence-electron chi connectivity index (χ2n) is 7.09. The van der Waals surface area contributed by atoms with Crippen molar-refractivity contribution < 1.29 is 19.0 Å². The third-order valence-corrected chi connectivity index (χ3v) is 4.59. The summed E-state index contributed by atoms with van der Waals surface area (Å²) in [6.45, 7) is 4.73. The van der Waals surface area contributed by atoms with E-state index in [0.717, 1.165) is 16.5 Å². The predicted octanol–water partition coefficient (Wildman–Crippen LogP) is 4.31. The Morgan fingerprint density at radius 3 is 2.24 bits per heavy atom. The average molecular weight is 394 g/mol. The van der Waals surface area contributed by atoms with Gasteiger partial charge in [0.25, 0.3) is 5.91 Å². The Morgan fingerprint density at radius 1 is 1.00 bits per heavy atom. The fraction of sp³-hybridized carbons (Fsp3) is 0.304. The van der Waals surface area contributed by atoms with Gasteiger partial charge in [-0.25, -0.2) is 4.98 Å². The first-order valence-corrected chi connectivity index (χ1v) is 9.46. The zero-order chi connectivity index (χ0) is 21.0. The second-order valence-corrected chi connectivity index (χ2v) is 7.09. The third kappa shape index (κ3) is 4.26. The molecule has 6 heteroatoms. The zero-order valence-corrected chi connectivity index (χ0v) is 17.4. The number of para-hydroxylation sites is 1. The Kier molecular flexibility index (Phi) is 6.22. The normalized spacial score (nSPS) is 10.8. The maximum atomic E-state index is 12.9. The Bertz CT molecular complexity index is 1010. The minimum absolute atomic E-state index is 0.119. The van der Waals surface area contributed by atoms with Crippen molar-refractivity contribution in [2.24, 2.45) is 5.92 Å². The molecule has 0 spiro atoms. The van der Waals surface area contributed by atoms with Crippen LogP contribution in [-0.4, -0.2) is 38.8 Å². The number of rotatable bonds is 7. The maximum absolute atomic E-state index is 12.9. The topological polar surface area (TPSA) is 69.7 Å². The molecular formula is C23H26N2O4. The van der Waals surface area contributed by atoms with Gasteiger partial charge in [-0.1, -0.05) is 32.0 Å². The zero-order valence-electron chi connectivity index (χ0n) is 17.4. The SMILES string of the molecule is COc1cc(-c2cc(C(=O)NCC(C)C)c3ccccc3n2)cc(OC)c1OC. The van der Waals surface area contributed by atoms with Gasteiger partial charge in [0.1, 0.15) is 0 Å².